The van der Waals surface area contributed by atoms with E-state index < -0.39 is 30.8 Å². The standard InChI is InChI=1S/C18H15FO6/c19-13-3-1-2-4-15(13)24-11-18(21)25-10-14(20)12-5-6-16-17(9-12)23-8-7-22-16/h1-6,9H,7-8,10-11H2. The molecule has 1 aliphatic heterocycles. The lowest BCUT2D eigenvalue weighted by molar-refractivity contribution is -0.144. The molecule has 3 rings (SSSR count). The van der Waals surface area contributed by atoms with Crippen molar-refractivity contribution in [2.24, 2.45) is 0 Å². The maximum absolute atomic E-state index is 13.4. The van der Waals surface area contributed by atoms with E-state index in [0.717, 1.165) is 0 Å². The summed E-state index contributed by atoms with van der Waals surface area (Å²) in [6, 6.07) is 10.4. The Kier molecular flexibility index (Phi) is 5.13. The van der Waals surface area contributed by atoms with Gasteiger partial charge in [-0.2, -0.15) is 0 Å². The number of carbonyl (C=O) groups excluding carboxylic acids is 2. The largest absolute Gasteiger partial charge is 0.486 e. The van der Waals surface area contributed by atoms with Gasteiger partial charge in [0.05, 0.1) is 0 Å². The molecule has 0 amide bonds. The summed E-state index contributed by atoms with van der Waals surface area (Å²) in [5.74, 6) is -0.755. The summed E-state index contributed by atoms with van der Waals surface area (Å²) in [6.45, 7) is -0.0681. The van der Waals surface area contributed by atoms with Crippen molar-refractivity contribution in [2.45, 2.75) is 0 Å². The van der Waals surface area contributed by atoms with Gasteiger partial charge in [0.25, 0.3) is 0 Å². The topological polar surface area (TPSA) is 71.1 Å². The van der Waals surface area contributed by atoms with Crippen molar-refractivity contribution in [2.75, 3.05) is 26.4 Å². The fraction of sp³-hybridized carbons (Fsp3) is 0.222. The van der Waals surface area contributed by atoms with E-state index in [1.165, 1.54) is 18.2 Å². The summed E-state index contributed by atoms with van der Waals surface area (Å²) in [5.41, 5.74) is 0.340. The number of ether oxygens (including phenoxy) is 4. The molecule has 0 radical (unpaired) electrons. The van der Waals surface area contributed by atoms with Crippen LogP contribution in [0.4, 0.5) is 4.39 Å². The van der Waals surface area contributed by atoms with Crippen LogP contribution in [0.1, 0.15) is 10.4 Å². The molecule has 0 bridgehead atoms. The van der Waals surface area contributed by atoms with E-state index in [-0.39, 0.29) is 5.75 Å². The molecule has 6 nitrogen and oxygen atoms in total. The Morgan fingerprint density at radius 3 is 2.56 bits per heavy atom. The van der Waals surface area contributed by atoms with Crippen LogP contribution in [0, 0.1) is 5.82 Å². The molecule has 130 valence electrons. The molecule has 0 unspecified atom stereocenters. The zero-order chi connectivity index (χ0) is 17.6. The lowest BCUT2D eigenvalue weighted by Gasteiger charge is -2.18. The quantitative estimate of drug-likeness (QED) is 0.591. The molecule has 0 N–H and O–H groups in total. The van der Waals surface area contributed by atoms with Crippen LogP contribution in [-0.4, -0.2) is 38.2 Å². The Morgan fingerprint density at radius 1 is 1.00 bits per heavy atom. The number of halogens is 1. The normalized spacial score (nSPS) is 12.4. The highest BCUT2D eigenvalue weighted by atomic mass is 19.1. The highest BCUT2D eigenvalue weighted by Crippen LogP contribution is 2.30. The predicted molar refractivity (Wildman–Crippen MR) is 84.6 cm³/mol. The molecule has 2 aromatic carbocycles. The van der Waals surface area contributed by atoms with Crippen molar-refractivity contribution >= 4 is 11.8 Å². The number of rotatable bonds is 6. The lowest BCUT2D eigenvalue weighted by Crippen LogP contribution is -2.20. The van der Waals surface area contributed by atoms with Crippen molar-refractivity contribution in [3.63, 3.8) is 0 Å². The van der Waals surface area contributed by atoms with Crippen LogP contribution in [0.2, 0.25) is 0 Å². The second kappa shape index (κ2) is 7.65. The molecule has 1 aliphatic rings. The van der Waals surface area contributed by atoms with Crippen molar-refractivity contribution in [3.8, 4) is 17.2 Å². The number of para-hydroxylation sites is 1. The molecule has 0 aromatic heterocycles. The number of hydrogen-bond donors (Lipinski definition) is 0. The van der Waals surface area contributed by atoms with Gasteiger partial charge in [-0.05, 0) is 30.3 Å². The number of ketones is 1. The average molecular weight is 346 g/mol. The second-order valence-electron chi connectivity index (χ2n) is 5.16. The first-order valence-electron chi connectivity index (χ1n) is 7.59. The summed E-state index contributed by atoms with van der Waals surface area (Å²) in [7, 11) is 0. The van der Waals surface area contributed by atoms with Crippen molar-refractivity contribution in [3.05, 3.63) is 53.8 Å². The van der Waals surface area contributed by atoms with Gasteiger partial charge in [-0.1, -0.05) is 12.1 Å². The van der Waals surface area contributed by atoms with Gasteiger partial charge < -0.3 is 18.9 Å². The van der Waals surface area contributed by atoms with E-state index in [4.69, 9.17) is 18.9 Å². The summed E-state index contributed by atoms with van der Waals surface area (Å²) >= 11 is 0. The molecular formula is C18H15FO6. The highest BCUT2D eigenvalue weighted by molar-refractivity contribution is 5.98. The Hall–Kier alpha value is -3.09. The van der Waals surface area contributed by atoms with Gasteiger partial charge in [0.2, 0.25) is 0 Å². The van der Waals surface area contributed by atoms with E-state index in [9.17, 15) is 14.0 Å². The van der Waals surface area contributed by atoms with Crippen LogP contribution < -0.4 is 14.2 Å². The van der Waals surface area contributed by atoms with Gasteiger partial charge in [-0.25, -0.2) is 9.18 Å². The predicted octanol–water partition coefficient (Wildman–Crippen LogP) is 2.40. The highest BCUT2D eigenvalue weighted by Gasteiger charge is 2.16. The molecule has 25 heavy (non-hydrogen) atoms. The minimum absolute atomic E-state index is 0.0578. The molecule has 1 heterocycles. The Bertz CT molecular complexity index is 789. The number of esters is 1. The Morgan fingerprint density at radius 2 is 1.76 bits per heavy atom. The summed E-state index contributed by atoms with van der Waals surface area (Å²) in [5, 5.41) is 0. The Balaban J connectivity index is 1.50. The summed E-state index contributed by atoms with van der Waals surface area (Å²) < 4.78 is 34.0. The van der Waals surface area contributed by atoms with Crippen LogP contribution in [0.25, 0.3) is 0 Å². The fourth-order valence-electron chi connectivity index (χ4n) is 2.19. The second-order valence-corrected chi connectivity index (χ2v) is 5.16. The maximum Gasteiger partial charge on any atom is 0.344 e. The minimum atomic E-state index is -0.769. The van der Waals surface area contributed by atoms with E-state index in [0.29, 0.717) is 30.3 Å². The maximum atomic E-state index is 13.4. The number of Topliss-reactive ketones (excluding diaryl/α,β-unsaturated/α-hetero) is 1. The van der Waals surface area contributed by atoms with Gasteiger partial charge in [0, 0.05) is 5.56 Å². The van der Waals surface area contributed by atoms with E-state index in [1.807, 2.05) is 0 Å². The minimum Gasteiger partial charge on any atom is -0.486 e. The summed E-state index contributed by atoms with van der Waals surface area (Å²) in [4.78, 5) is 23.7. The molecule has 0 spiro atoms. The third-order valence-electron chi connectivity index (χ3n) is 3.41. The molecule has 0 aliphatic carbocycles. The van der Waals surface area contributed by atoms with Crippen molar-refractivity contribution in [1.82, 2.24) is 0 Å². The van der Waals surface area contributed by atoms with Crippen LogP contribution in [0.5, 0.6) is 17.2 Å². The Labute approximate surface area is 143 Å². The molecule has 0 fully saturated rings. The first kappa shape index (κ1) is 16.8. The number of carbonyl (C=O) groups is 2. The van der Waals surface area contributed by atoms with Gasteiger partial charge in [-0.15, -0.1) is 0 Å². The fourth-order valence-corrected chi connectivity index (χ4v) is 2.19. The van der Waals surface area contributed by atoms with Crippen LogP contribution in [0.15, 0.2) is 42.5 Å². The van der Waals surface area contributed by atoms with Crippen molar-refractivity contribution < 1.29 is 32.9 Å². The lowest BCUT2D eigenvalue weighted by atomic mass is 10.1. The molecule has 0 saturated heterocycles. The average Bonchev–Trinajstić information content (AvgIpc) is 2.65. The monoisotopic (exact) mass is 346 g/mol. The molecule has 7 heteroatoms. The number of benzene rings is 2. The number of fused-ring (bicyclic) bond motifs is 1. The smallest absolute Gasteiger partial charge is 0.344 e. The molecule has 2 aromatic rings. The zero-order valence-corrected chi connectivity index (χ0v) is 13.2. The molecular weight excluding hydrogens is 331 g/mol. The van der Waals surface area contributed by atoms with E-state index >= 15 is 0 Å². The van der Waals surface area contributed by atoms with Gasteiger partial charge in [-0.3, -0.25) is 4.79 Å². The van der Waals surface area contributed by atoms with Crippen LogP contribution in [-0.2, 0) is 9.53 Å². The summed E-state index contributed by atoms with van der Waals surface area (Å²) in [6.07, 6.45) is 0. The third kappa shape index (κ3) is 4.26. The van der Waals surface area contributed by atoms with Gasteiger partial charge in [0.1, 0.15) is 13.2 Å². The van der Waals surface area contributed by atoms with E-state index in [1.54, 1.807) is 24.3 Å². The van der Waals surface area contributed by atoms with Gasteiger partial charge >= 0.3 is 5.97 Å². The zero-order valence-electron chi connectivity index (χ0n) is 13.2. The SMILES string of the molecule is O=C(COc1ccccc1F)OCC(=O)c1ccc2c(c1)OCCO2. The first-order chi connectivity index (χ1) is 12.1. The third-order valence-corrected chi connectivity index (χ3v) is 3.41. The first-order valence-corrected chi connectivity index (χ1v) is 7.59. The molecule has 0 saturated carbocycles. The van der Waals surface area contributed by atoms with Crippen LogP contribution in [0.3, 0.4) is 0 Å². The van der Waals surface area contributed by atoms with Crippen molar-refractivity contribution in [1.29, 1.82) is 0 Å². The van der Waals surface area contributed by atoms with Gasteiger partial charge in [0.15, 0.2) is 42.1 Å². The molecule has 0 atom stereocenters. The van der Waals surface area contributed by atoms with E-state index in [2.05, 4.69) is 0 Å². The number of hydrogen-bond acceptors (Lipinski definition) is 6. The van der Waals surface area contributed by atoms with Crippen LogP contribution >= 0.6 is 0 Å².